The number of hydrogen-bond acceptors (Lipinski definition) is 10. The van der Waals surface area contributed by atoms with E-state index in [0.717, 1.165) is 0 Å². The summed E-state index contributed by atoms with van der Waals surface area (Å²) in [6, 6.07) is 1.67. The monoisotopic (exact) mass is 392 g/mol. The number of pyridine rings is 1. The molecule has 1 saturated heterocycles. The van der Waals surface area contributed by atoms with E-state index in [0.29, 0.717) is 11.0 Å². The molecule has 0 aromatic carbocycles. The molecular weight excluding hydrogens is 372 g/mol. The van der Waals surface area contributed by atoms with Gasteiger partial charge in [-0.1, -0.05) is 0 Å². The number of nitrogens with zero attached hydrogens (tertiary/aromatic N) is 3. The van der Waals surface area contributed by atoms with E-state index < -0.39 is 42.4 Å². The van der Waals surface area contributed by atoms with E-state index in [4.69, 9.17) is 24.7 Å². The molecule has 0 unspecified atom stereocenters. The normalized spacial score (nSPS) is 24.1. The minimum absolute atomic E-state index is 0.183. The van der Waals surface area contributed by atoms with Crippen LogP contribution in [0.2, 0.25) is 0 Å². The van der Waals surface area contributed by atoms with Gasteiger partial charge in [0.2, 0.25) is 0 Å². The van der Waals surface area contributed by atoms with Crippen molar-refractivity contribution >= 4 is 34.8 Å². The molecule has 3 heterocycles. The van der Waals surface area contributed by atoms with E-state index in [1.54, 1.807) is 10.6 Å². The summed E-state index contributed by atoms with van der Waals surface area (Å²) in [5, 5.41) is 0. The Balaban J connectivity index is 2.01. The maximum atomic E-state index is 11.7. The van der Waals surface area contributed by atoms with Gasteiger partial charge in [-0.05, 0) is 6.07 Å². The minimum atomic E-state index is -0.992. The van der Waals surface area contributed by atoms with Gasteiger partial charge in [0.05, 0.1) is 11.8 Å². The number of imidazole rings is 1. The number of nitrogen functional groups attached to an aromatic ring is 1. The van der Waals surface area contributed by atoms with Gasteiger partial charge < -0.3 is 24.7 Å². The van der Waals surface area contributed by atoms with Gasteiger partial charge in [0.15, 0.2) is 24.3 Å². The Kier molecular flexibility index (Phi) is 5.45. The predicted octanol–water partition coefficient (Wildman–Crippen LogP) is 0.337. The molecule has 1 aliphatic rings. The van der Waals surface area contributed by atoms with Crippen LogP contribution in [0, 0.1) is 0 Å². The molecule has 2 N–H and O–H groups in total. The highest BCUT2D eigenvalue weighted by molar-refractivity contribution is 5.84. The first kappa shape index (κ1) is 19.5. The van der Waals surface area contributed by atoms with Crippen LogP contribution in [0.4, 0.5) is 5.82 Å². The second-order valence-corrected chi connectivity index (χ2v) is 6.23. The second-order valence-electron chi connectivity index (χ2n) is 6.23. The Morgan fingerprint density at radius 3 is 2.43 bits per heavy atom. The SMILES string of the molecule is CC(=O)OC[C@H]1O[C@@H](n2cnc3c(N)nccc32)[C@@H](OC(C)=O)[C@@H]1OC(C)=O. The van der Waals surface area contributed by atoms with Crippen LogP contribution in [0.1, 0.15) is 27.0 Å². The Labute approximate surface area is 159 Å². The standard InChI is InChI=1S/C17H20N4O7/c1-8(22)25-6-12-14(26-9(2)23)15(27-10(3)24)17(28-12)21-7-20-13-11(21)4-5-19-16(13)18/h4-5,7,12,14-15,17H,6H2,1-3H3,(H2,18,19)/t12-,14-,15+,17-/m1/s1. The fraction of sp³-hybridized carbons (Fsp3) is 0.471. The van der Waals surface area contributed by atoms with Crippen LogP contribution in [0.15, 0.2) is 18.6 Å². The van der Waals surface area contributed by atoms with Gasteiger partial charge in [-0.15, -0.1) is 0 Å². The van der Waals surface area contributed by atoms with Crippen molar-refractivity contribution in [2.75, 3.05) is 12.3 Å². The molecule has 4 atom stereocenters. The van der Waals surface area contributed by atoms with Gasteiger partial charge in [0.1, 0.15) is 18.2 Å². The molecule has 1 fully saturated rings. The van der Waals surface area contributed by atoms with Crippen LogP contribution in [-0.4, -0.2) is 57.4 Å². The predicted molar refractivity (Wildman–Crippen MR) is 93.6 cm³/mol. The number of nitrogens with two attached hydrogens (primary N) is 1. The molecule has 11 heteroatoms. The number of esters is 3. The van der Waals surface area contributed by atoms with E-state index in [1.807, 2.05) is 0 Å². The molecule has 11 nitrogen and oxygen atoms in total. The number of anilines is 1. The summed E-state index contributed by atoms with van der Waals surface area (Å²) >= 11 is 0. The lowest BCUT2D eigenvalue weighted by atomic mass is 10.1. The smallest absolute Gasteiger partial charge is 0.303 e. The van der Waals surface area contributed by atoms with Gasteiger partial charge in [0.25, 0.3) is 0 Å². The van der Waals surface area contributed by atoms with Crippen molar-refractivity contribution in [2.45, 2.75) is 45.3 Å². The van der Waals surface area contributed by atoms with Crippen molar-refractivity contribution < 1.29 is 33.3 Å². The van der Waals surface area contributed by atoms with Gasteiger partial charge in [-0.25, -0.2) is 9.97 Å². The maximum absolute atomic E-state index is 11.7. The van der Waals surface area contributed by atoms with Gasteiger partial charge in [-0.3, -0.25) is 19.0 Å². The van der Waals surface area contributed by atoms with Crippen LogP contribution in [0.3, 0.4) is 0 Å². The van der Waals surface area contributed by atoms with E-state index in [9.17, 15) is 14.4 Å². The van der Waals surface area contributed by atoms with Crippen LogP contribution >= 0.6 is 0 Å². The zero-order valence-electron chi connectivity index (χ0n) is 15.5. The molecule has 0 bridgehead atoms. The zero-order valence-corrected chi connectivity index (χ0v) is 15.5. The van der Waals surface area contributed by atoms with Crippen LogP contribution in [0.25, 0.3) is 11.0 Å². The Hall–Kier alpha value is -3.21. The summed E-state index contributed by atoms with van der Waals surface area (Å²) < 4.78 is 23.3. The van der Waals surface area contributed by atoms with Gasteiger partial charge in [0, 0.05) is 27.0 Å². The molecule has 1 aliphatic heterocycles. The molecule has 0 saturated carbocycles. The Morgan fingerprint density at radius 2 is 1.79 bits per heavy atom. The highest BCUT2D eigenvalue weighted by atomic mass is 16.7. The molecule has 0 radical (unpaired) electrons. The number of ether oxygens (including phenoxy) is 4. The summed E-state index contributed by atoms with van der Waals surface area (Å²) in [5.74, 6) is -1.48. The third kappa shape index (κ3) is 3.88. The second kappa shape index (κ2) is 7.80. The minimum Gasteiger partial charge on any atom is -0.463 e. The number of hydrogen-bond donors (Lipinski definition) is 1. The summed E-state index contributed by atoms with van der Waals surface area (Å²) in [6.45, 7) is 3.52. The van der Waals surface area contributed by atoms with Crippen molar-refractivity contribution in [1.29, 1.82) is 0 Å². The number of carbonyl (C=O) groups excluding carboxylic acids is 3. The fourth-order valence-electron chi connectivity index (χ4n) is 3.10. The first-order valence-electron chi connectivity index (χ1n) is 8.48. The van der Waals surface area contributed by atoms with Crippen molar-refractivity contribution in [3.8, 4) is 0 Å². The average Bonchev–Trinajstić information content (AvgIpc) is 3.16. The third-order valence-corrected chi connectivity index (χ3v) is 4.14. The highest BCUT2D eigenvalue weighted by Crippen LogP contribution is 2.36. The summed E-state index contributed by atoms with van der Waals surface area (Å²) in [5.41, 5.74) is 6.88. The molecule has 150 valence electrons. The van der Waals surface area contributed by atoms with Crippen molar-refractivity contribution in [2.24, 2.45) is 0 Å². The van der Waals surface area contributed by atoms with E-state index in [-0.39, 0.29) is 12.4 Å². The van der Waals surface area contributed by atoms with Crippen molar-refractivity contribution in [3.63, 3.8) is 0 Å². The molecule has 28 heavy (non-hydrogen) atoms. The zero-order chi connectivity index (χ0) is 20.4. The lowest BCUT2D eigenvalue weighted by molar-refractivity contribution is -0.166. The topological polar surface area (TPSA) is 145 Å². The maximum Gasteiger partial charge on any atom is 0.303 e. The van der Waals surface area contributed by atoms with Gasteiger partial charge >= 0.3 is 17.9 Å². The highest BCUT2D eigenvalue weighted by Gasteiger charge is 2.50. The molecule has 2 aromatic heterocycles. The van der Waals surface area contributed by atoms with Crippen LogP contribution in [0.5, 0.6) is 0 Å². The van der Waals surface area contributed by atoms with E-state index in [1.165, 1.54) is 33.3 Å². The van der Waals surface area contributed by atoms with Crippen LogP contribution < -0.4 is 5.73 Å². The molecule has 3 rings (SSSR count). The largest absolute Gasteiger partial charge is 0.463 e. The number of fused-ring (bicyclic) bond motifs is 1. The summed E-state index contributed by atoms with van der Waals surface area (Å²) in [4.78, 5) is 42.7. The first-order valence-corrected chi connectivity index (χ1v) is 8.48. The van der Waals surface area contributed by atoms with Gasteiger partial charge in [-0.2, -0.15) is 0 Å². The lowest BCUT2D eigenvalue weighted by Gasteiger charge is -2.23. The van der Waals surface area contributed by atoms with Crippen LogP contribution in [-0.2, 0) is 33.3 Å². The number of rotatable bonds is 5. The quantitative estimate of drug-likeness (QED) is 0.558. The number of aromatic nitrogens is 3. The third-order valence-electron chi connectivity index (χ3n) is 4.14. The summed E-state index contributed by atoms with van der Waals surface area (Å²) in [7, 11) is 0. The van der Waals surface area contributed by atoms with E-state index in [2.05, 4.69) is 9.97 Å². The Morgan fingerprint density at radius 1 is 1.11 bits per heavy atom. The van der Waals surface area contributed by atoms with Crippen molar-refractivity contribution in [3.05, 3.63) is 18.6 Å². The number of carbonyl (C=O) groups is 3. The molecular formula is C17H20N4O7. The Bertz CT molecular complexity index is 912. The van der Waals surface area contributed by atoms with Crippen molar-refractivity contribution in [1.82, 2.24) is 14.5 Å². The molecule has 0 spiro atoms. The molecule has 0 amide bonds. The fourth-order valence-corrected chi connectivity index (χ4v) is 3.10. The molecule has 2 aromatic rings. The average molecular weight is 392 g/mol. The molecule has 0 aliphatic carbocycles. The lowest BCUT2D eigenvalue weighted by Crippen LogP contribution is -2.40. The first-order chi connectivity index (χ1) is 13.3. The van der Waals surface area contributed by atoms with E-state index >= 15 is 0 Å². The summed E-state index contributed by atoms with van der Waals surface area (Å²) in [6.07, 6.45) is -0.746.